The maximum absolute atomic E-state index is 13.3. The molecule has 5 rings (SSSR count). The van der Waals surface area contributed by atoms with Gasteiger partial charge in [-0.2, -0.15) is 18.3 Å². The number of carbonyl (C=O) groups excluding carboxylic acids is 1. The van der Waals surface area contributed by atoms with Gasteiger partial charge >= 0.3 is 6.18 Å². The summed E-state index contributed by atoms with van der Waals surface area (Å²) in [5.74, 6) is 1.01. The van der Waals surface area contributed by atoms with E-state index in [4.69, 9.17) is 27.9 Å². The lowest BCUT2D eigenvalue weighted by atomic mass is 9.83. The molecule has 0 radical (unpaired) electrons. The highest BCUT2D eigenvalue weighted by Gasteiger charge is 2.35. The second-order valence-electron chi connectivity index (χ2n) is 9.58. The summed E-state index contributed by atoms with van der Waals surface area (Å²) in [6, 6.07) is 4.23. The Hall–Kier alpha value is -2.36. The standard InChI is InChI=1S/C25H25Cl2F3N4O2/c1-13-9-21(25(28,29)30)32-34-14(2)20(31-23(13)34)10-18-19(26)4-3-17(22(18)27)24(35)33-7-5-15(6-8-33)16-11-36-12-16/h3-4,9,15-16H,5-8,10-12H2,1-2H3. The molecule has 0 aliphatic carbocycles. The number of aromatic nitrogens is 3. The SMILES string of the molecule is Cc1cc(C(F)(F)F)nn2c(C)c(Cc3c(Cl)ccc(C(=O)N4CCC(C5COC5)CC4)c3Cl)nc12. The predicted molar refractivity (Wildman–Crippen MR) is 130 cm³/mol. The molecule has 2 aliphatic rings. The number of amides is 1. The van der Waals surface area contributed by atoms with E-state index in [1.54, 1.807) is 26.0 Å². The van der Waals surface area contributed by atoms with E-state index in [0.717, 1.165) is 32.1 Å². The number of halogens is 5. The highest BCUT2D eigenvalue weighted by molar-refractivity contribution is 6.38. The van der Waals surface area contributed by atoms with Gasteiger partial charge in [0.1, 0.15) is 0 Å². The van der Waals surface area contributed by atoms with Gasteiger partial charge in [-0.15, -0.1) is 0 Å². The van der Waals surface area contributed by atoms with E-state index >= 15 is 0 Å². The van der Waals surface area contributed by atoms with Crippen molar-refractivity contribution in [1.82, 2.24) is 19.5 Å². The third-order valence-electron chi connectivity index (χ3n) is 7.30. The molecule has 11 heteroatoms. The topological polar surface area (TPSA) is 59.7 Å². The molecule has 36 heavy (non-hydrogen) atoms. The number of carbonyl (C=O) groups is 1. The molecule has 3 aromatic rings. The summed E-state index contributed by atoms with van der Waals surface area (Å²) in [4.78, 5) is 19.7. The van der Waals surface area contributed by atoms with E-state index < -0.39 is 11.9 Å². The number of hydrogen-bond donors (Lipinski definition) is 0. The van der Waals surface area contributed by atoms with Crippen molar-refractivity contribution in [3.63, 3.8) is 0 Å². The number of rotatable bonds is 4. The van der Waals surface area contributed by atoms with Crippen LogP contribution in [-0.4, -0.2) is 51.7 Å². The predicted octanol–water partition coefficient (Wildman–Crippen LogP) is 5.76. The van der Waals surface area contributed by atoms with Crippen molar-refractivity contribution in [3.8, 4) is 0 Å². The molecule has 1 amide bonds. The Morgan fingerprint density at radius 1 is 1.14 bits per heavy atom. The maximum atomic E-state index is 13.3. The largest absolute Gasteiger partial charge is 0.435 e. The molecule has 1 aromatic carbocycles. The molecule has 192 valence electrons. The lowest BCUT2D eigenvalue weighted by Crippen LogP contribution is -2.44. The summed E-state index contributed by atoms with van der Waals surface area (Å²) >= 11 is 13.2. The summed E-state index contributed by atoms with van der Waals surface area (Å²) in [5, 5.41) is 4.34. The number of alkyl halides is 3. The van der Waals surface area contributed by atoms with Crippen LogP contribution < -0.4 is 0 Å². The highest BCUT2D eigenvalue weighted by Crippen LogP contribution is 2.35. The summed E-state index contributed by atoms with van der Waals surface area (Å²) in [6.45, 7) is 6.14. The van der Waals surface area contributed by atoms with E-state index in [1.807, 2.05) is 4.90 Å². The first-order valence-corrected chi connectivity index (χ1v) is 12.6. The van der Waals surface area contributed by atoms with Crippen LogP contribution >= 0.6 is 23.2 Å². The van der Waals surface area contributed by atoms with Crippen LogP contribution in [0, 0.1) is 25.7 Å². The Kier molecular flexibility index (Phi) is 6.68. The molecule has 2 saturated heterocycles. The zero-order chi connectivity index (χ0) is 25.8. The highest BCUT2D eigenvalue weighted by atomic mass is 35.5. The van der Waals surface area contributed by atoms with Gasteiger partial charge < -0.3 is 9.64 Å². The second-order valence-corrected chi connectivity index (χ2v) is 10.4. The number of ether oxygens (including phenoxy) is 1. The third-order valence-corrected chi connectivity index (χ3v) is 8.08. The van der Waals surface area contributed by atoms with E-state index in [0.29, 0.717) is 63.7 Å². The van der Waals surface area contributed by atoms with Crippen molar-refractivity contribution in [2.24, 2.45) is 11.8 Å². The first-order chi connectivity index (χ1) is 17.0. The van der Waals surface area contributed by atoms with Crippen LogP contribution in [0.2, 0.25) is 10.0 Å². The van der Waals surface area contributed by atoms with Gasteiger partial charge in [0.2, 0.25) is 0 Å². The molecular weight excluding hydrogens is 516 g/mol. The smallest absolute Gasteiger partial charge is 0.381 e. The molecule has 6 nitrogen and oxygen atoms in total. The average Bonchev–Trinajstić information content (AvgIpc) is 3.11. The average molecular weight is 541 g/mol. The maximum Gasteiger partial charge on any atom is 0.435 e. The van der Waals surface area contributed by atoms with Crippen LogP contribution in [0.1, 0.15) is 51.4 Å². The Bertz CT molecular complexity index is 1330. The first-order valence-electron chi connectivity index (χ1n) is 11.8. The zero-order valence-electron chi connectivity index (χ0n) is 19.8. The van der Waals surface area contributed by atoms with Gasteiger partial charge in [-0.3, -0.25) is 4.79 Å². The molecule has 2 aromatic heterocycles. The molecule has 2 aliphatic heterocycles. The normalized spacial score (nSPS) is 17.6. The van der Waals surface area contributed by atoms with Crippen molar-refractivity contribution < 1.29 is 22.7 Å². The minimum Gasteiger partial charge on any atom is -0.381 e. The van der Waals surface area contributed by atoms with Crippen molar-refractivity contribution in [2.45, 2.75) is 39.3 Å². The fourth-order valence-corrected chi connectivity index (χ4v) is 5.57. The summed E-state index contributed by atoms with van der Waals surface area (Å²) < 4.78 is 46.3. The van der Waals surface area contributed by atoms with Crippen molar-refractivity contribution in [2.75, 3.05) is 26.3 Å². The third kappa shape index (κ3) is 4.57. The minimum atomic E-state index is -4.57. The lowest BCUT2D eigenvalue weighted by Gasteiger charge is -2.39. The molecular formula is C25H25Cl2F3N4O2. The Balaban J connectivity index is 1.41. The zero-order valence-corrected chi connectivity index (χ0v) is 21.3. The monoisotopic (exact) mass is 540 g/mol. The van der Waals surface area contributed by atoms with Crippen LogP contribution in [0.15, 0.2) is 18.2 Å². The Morgan fingerprint density at radius 3 is 2.44 bits per heavy atom. The van der Waals surface area contributed by atoms with Gasteiger partial charge in [-0.1, -0.05) is 23.2 Å². The molecule has 0 bridgehead atoms. The van der Waals surface area contributed by atoms with E-state index in [-0.39, 0.29) is 17.4 Å². The number of nitrogens with zero attached hydrogens (tertiary/aromatic N) is 4. The second kappa shape index (κ2) is 9.50. The van der Waals surface area contributed by atoms with Gasteiger partial charge in [0, 0.05) is 30.5 Å². The van der Waals surface area contributed by atoms with E-state index in [1.165, 1.54) is 4.52 Å². The van der Waals surface area contributed by atoms with Gasteiger partial charge in [0.15, 0.2) is 11.3 Å². The quantitative estimate of drug-likeness (QED) is 0.422. The van der Waals surface area contributed by atoms with Crippen molar-refractivity contribution >= 4 is 34.8 Å². The van der Waals surface area contributed by atoms with Gasteiger partial charge in [-0.25, -0.2) is 9.50 Å². The number of likely N-dealkylation sites (tertiary alicyclic amines) is 1. The van der Waals surface area contributed by atoms with Gasteiger partial charge in [-0.05, 0) is 61.9 Å². The van der Waals surface area contributed by atoms with E-state index in [9.17, 15) is 18.0 Å². The number of hydrogen-bond acceptors (Lipinski definition) is 4. The summed E-state index contributed by atoms with van der Waals surface area (Å²) in [5.41, 5.74) is 1.49. The van der Waals surface area contributed by atoms with Gasteiger partial charge in [0.05, 0.1) is 35.2 Å². The molecule has 4 heterocycles. The fourth-order valence-electron chi connectivity index (χ4n) is 4.99. The van der Waals surface area contributed by atoms with Crippen molar-refractivity contribution in [1.29, 1.82) is 0 Å². The van der Waals surface area contributed by atoms with Crippen LogP contribution in [0.25, 0.3) is 5.65 Å². The fraction of sp³-hybridized carbons (Fsp3) is 0.480. The molecule has 0 atom stereocenters. The van der Waals surface area contributed by atoms with Gasteiger partial charge in [0.25, 0.3) is 5.91 Å². The molecule has 0 unspecified atom stereocenters. The summed E-state index contributed by atoms with van der Waals surface area (Å²) in [6.07, 6.45) is -2.55. The van der Waals surface area contributed by atoms with Crippen LogP contribution in [0.4, 0.5) is 13.2 Å². The summed E-state index contributed by atoms with van der Waals surface area (Å²) in [7, 11) is 0. The van der Waals surface area contributed by atoms with Crippen LogP contribution in [-0.2, 0) is 17.3 Å². The van der Waals surface area contributed by atoms with E-state index in [2.05, 4.69) is 10.1 Å². The number of benzene rings is 1. The molecule has 2 fully saturated rings. The first kappa shape index (κ1) is 25.3. The number of fused-ring (bicyclic) bond motifs is 1. The lowest BCUT2D eigenvalue weighted by molar-refractivity contribution is -0.141. The molecule has 0 saturated carbocycles. The minimum absolute atomic E-state index is 0.151. The number of imidazole rings is 1. The Labute approximate surface area is 216 Å². The number of piperidine rings is 1. The molecule has 0 spiro atoms. The van der Waals surface area contributed by atoms with Crippen molar-refractivity contribution in [3.05, 3.63) is 62.0 Å². The Morgan fingerprint density at radius 2 is 1.83 bits per heavy atom. The van der Waals surface area contributed by atoms with Crippen LogP contribution in [0.3, 0.4) is 0 Å². The molecule has 0 N–H and O–H groups in total. The number of aryl methyl sites for hydroxylation is 2. The van der Waals surface area contributed by atoms with Crippen LogP contribution in [0.5, 0.6) is 0 Å².